The molecule has 1 amide bonds. The van der Waals surface area contributed by atoms with Crippen molar-refractivity contribution in [3.63, 3.8) is 0 Å². The maximum absolute atomic E-state index is 13.9. The maximum Gasteiger partial charge on any atom is 0.251 e. The van der Waals surface area contributed by atoms with Gasteiger partial charge in [-0.2, -0.15) is 0 Å². The molecule has 0 spiro atoms. The van der Waals surface area contributed by atoms with E-state index in [0.717, 1.165) is 37.7 Å². The molecule has 1 aromatic heterocycles. The fourth-order valence-electron chi connectivity index (χ4n) is 6.67. The van der Waals surface area contributed by atoms with E-state index in [0.29, 0.717) is 23.3 Å². The van der Waals surface area contributed by atoms with Gasteiger partial charge in [0.05, 0.1) is 18.9 Å². The Morgan fingerprint density at radius 1 is 1.30 bits per heavy atom. The highest BCUT2D eigenvalue weighted by Crippen LogP contribution is 2.63. The van der Waals surface area contributed by atoms with Crippen LogP contribution < -0.4 is 5.32 Å². The molecule has 0 saturated heterocycles. The number of carbonyl (C=O) groups excluding carboxylic acids is 1. The second kappa shape index (κ2) is 8.65. The zero-order valence-electron chi connectivity index (χ0n) is 18.9. The van der Waals surface area contributed by atoms with Gasteiger partial charge in [0, 0.05) is 18.3 Å². The minimum atomic E-state index is -0.947. The van der Waals surface area contributed by atoms with Gasteiger partial charge in [-0.3, -0.25) is 9.78 Å². The molecule has 1 fully saturated rings. The molecule has 174 valence electrons. The lowest BCUT2D eigenvalue weighted by atomic mass is 9.54. The first-order chi connectivity index (χ1) is 15.9. The first-order valence-electron chi connectivity index (χ1n) is 11.9. The average molecular weight is 451 g/mol. The van der Waals surface area contributed by atoms with Crippen molar-refractivity contribution < 1.29 is 19.4 Å². The molecule has 5 rings (SSSR count). The van der Waals surface area contributed by atoms with Crippen LogP contribution in [0.3, 0.4) is 0 Å². The van der Waals surface area contributed by atoms with Crippen LogP contribution in [0.15, 0.2) is 42.7 Å². The summed E-state index contributed by atoms with van der Waals surface area (Å²) in [4.78, 5) is 16.6. The summed E-state index contributed by atoms with van der Waals surface area (Å²) in [6.07, 6.45) is 9.61. The van der Waals surface area contributed by atoms with Crippen molar-refractivity contribution in [1.82, 2.24) is 10.3 Å². The number of rotatable bonds is 5. The first kappa shape index (κ1) is 22.2. The molecule has 3 N–H and O–H groups in total. The molecule has 5 nitrogen and oxygen atoms in total. The number of aliphatic hydroxyl groups excluding tert-OH is 2. The molecule has 1 heterocycles. The van der Waals surface area contributed by atoms with E-state index in [-0.39, 0.29) is 30.3 Å². The Bertz CT molecular complexity index is 1100. The highest BCUT2D eigenvalue weighted by atomic mass is 19.1. The van der Waals surface area contributed by atoms with Crippen LogP contribution in [0.5, 0.6) is 0 Å². The quantitative estimate of drug-likeness (QED) is 0.646. The SMILES string of the molecule is C[C@]12CC[C@@H]3c4ccc(C(=O)NCC(O)CO)cc4CC[C@H]3[C@@H]1CC=C2c1cncc(F)c1. The Kier molecular flexibility index (Phi) is 5.83. The zero-order valence-corrected chi connectivity index (χ0v) is 18.9. The molecule has 3 aliphatic rings. The number of nitrogens with one attached hydrogen (secondary N) is 1. The predicted molar refractivity (Wildman–Crippen MR) is 124 cm³/mol. The van der Waals surface area contributed by atoms with Crippen molar-refractivity contribution in [3.8, 4) is 0 Å². The molecular weight excluding hydrogens is 419 g/mol. The number of amides is 1. The summed E-state index contributed by atoms with van der Waals surface area (Å²) in [7, 11) is 0. The van der Waals surface area contributed by atoms with E-state index in [1.54, 1.807) is 12.3 Å². The highest BCUT2D eigenvalue weighted by Gasteiger charge is 2.52. The molecule has 2 aromatic rings. The van der Waals surface area contributed by atoms with Crippen molar-refractivity contribution in [2.75, 3.05) is 13.2 Å². The molecule has 1 aromatic carbocycles. The van der Waals surface area contributed by atoms with Crippen LogP contribution in [0.2, 0.25) is 0 Å². The normalized spacial score (nSPS) is 28.8. The Balaban J connectivity index is 1.35. The number of hydrogen-bond acceptors (Lipinski definition) is 4. The third kappa shape index (κ3) is 3.89. The summed E-state index contributed by atoms with van der Waals surface area (Å²) in [5.41, 5.74) is 5.41. The minimum absolute atomic E-state index is 0.0353. The number of fused-ring (bicyclic) bond motifs is 5. The Labute approximate surface area is 193 Å². The van der Waals surface area contributed by atoms with E-state index in [1.165, 1.54) is 22.9 Å². The molecule has 6 heteroatoms. The van der Waals surface area contributed by atoms with Gasteiger partial charge in [-0.05, 0) is 95.7 Å². The molecule has 5 atom stereocenters. The molecule has 3 aliphatic carbocycles. The largest absolute Gasteiger partial charge is 0.394 e. The summed E-state index contributed by atoms with van der Waals surface area (Å²) in [6.45, 7) is 2.01. The first-order valence-corrected chi connectivity index (χ1v) is 11.9. The van der Waals surface area contributed by atoms with Gasteiger partial charge in [-0.1, -0.05) is 19.1 Å². The smallest absolute Gasteiger partial charge is 0.251 e. The van der Waals surface area contributed by atoms with Gasteiger partial charge in [0.25, 0.3) is 5.91 Å². The monoisotopic (exact) mass is 450 g/mol. The van der Waals surface area contributed by atoms with Crippen LogP contribution in [-0.4, -0.2) is 40.4 Å². The van der Waals surface area contributed by atoms with Crippen LogP contribution in [0.25, 0.3) is 5.57 Å². The molecular formula is C27H31FN2O3. The molecule has 0 bridgehead atoms. The van der Waals surface area contributed by atoms with Crippen LogP contribution in [0.1, 0.15) is 65.6 Å². The fourth-order valence-corrected chi connectivity index (χ4v) is 6.67. The van der Waals surface area contributed by atoms with Gasteiger partial charge < -0.3 is 15.5 Å². The van der Waals surface area contributed by atoms with Crippen LogP contribution >= 0.6 is 0 Å². The summed E-state index contributed by atoms with van der Waals surface area (Å²) >= 11 is 0. The van der Waals surface area contributed by atoms with Gasteiger partial charge >= 0.3 is 0 Å². The number of aryl methyl sites for hydroxylation is 1. The molecule has 1 saturated carbocycles. The molecule has 0 radical (unpaired) electrons. The summed E-state index contributed by atoms with van der Waals surface area (Å²) in [6, 6.07) is 7.61. The second-order valence-corrected chi connectivity index (χ2v) is 10.1. The van der Waals surface area contributed by atoms with Crippen molar-refractivity contribution in [2.24, 2.45) is 17.3 Å². The molecule has 33 heavy (non-hydrogen) atoms. The minimum Gasteiger partial charge on any atom is -0.394 e. The predicted octanol–water partition coefficient (Wildman–Crippen LogP) is 3.85. The fraction of sp³-hybridized carbons (Fsp3) is 0.481. The second-order valence-electron chi connectivity index (χ2n) is 10.1. The van der Waals surface area contributed by atoms with E-state index in [9.17, 15) is 14.3 Å². The summed E-state index contributed by atoms with van der Waals surface area (Å²) in [5, 5.41) is 21.1. The van der Waals surface area contributed by atoms with E-state index in [4.69, 9.17) is 5.11 Å². The lowest BCUT2D eigenvalue weighted by Crippen LogP contribution is -2.41. The lowest BCUT2D eigenvalue weighted by Gasteiger charge is -2.50. The third-order valence-corrected chi connectivity index (χ3v) is 8.29. The van der Waals surface area contributed by atoms with Gasteiger partial charge in [0.1, 0.15) is 5.82 Å². The number of aliphatic hydroxyl groups is 2. The van der Waals surface area contributed by atoms with E-state index >= 15 is 0 Å². The number of carbonyl (C=O) groups is 1. The third-order valence-electron chi connectivity index (χ3n) is 8.29. The number of nitrogens with zero attached hydrogens (tertiary/aromatic N) is 1. The van der Waals surface area contributed by atoms with Crippen molar-refractivity contribution in [2.45, 2.75) is 51.0 Å². The van der Waals surface area contributed by atoms with E-state index in [1.807, 2.05) is 12.1 Å². The molecule has 0 aliphatic heterocycles. The van der Waals surface area contributed by atoms with Gasteiger partial charge in [0.15, 0.2) is 0 Å². The summed E-state index contributed by atoms with van der Waals surface area (Å²) < 4.78 is 13.9. The Morgan fingerprint density at radius 2 is 2.15 bits per heavy atom. The Hall–Kier alpha value is -2.57. The van der Waals surface area contributed by atoms with Gasteiger partial charge in [-0.15, -0.1) is 0 Å². The number of pyridine rings is 1. The van der Waals surface area contributed by atoms with Crippen LogP contribution in [0.4, 0.5) is 4.39 Å². The Morgan fingerprint density at radius 3 is 2.94 bits per heavy atom. The van der Waals surface area contributed by atoms with Crippen molar-refractivity contribution >= 4 is 11.5 Å². The highest BCUT2D eigenvalue weighted by molar-refractivity contribution is 5.94. The van der Waals surface area contributed by atoms with E-state index in [2.05, 4.69) is 29.4 Å². The number of halogens is 1. The van der Waals surface area contributed by atoms with Crippen molar-refractivity contribution in [1.29, 1.82) is 0 Å². The maximum atomic E-state index is 13.9. The number of hydrogen-bond donors (Lipinski definition) is 3. The van der Waals surface area contributed by atoms with Crippen LogP contribution in [0, 0.1) is 23.1 Å². The van der Waals surface area contributed by atoms with E-state index < -0.39 is 6.10 Å². The average Bonchev–Trinajstić information content (AvgIpc) is 3.19. The van der Waals surface area contributed by atoms with Gasteiger partial charge in [0.2, 0.25) is 0 Å². The number of aromatic nitrogens is 1. The number of benzene rings is 1. The lowest BCUT2D eigenvalue weighted by molar-refractivity contribution is 0.0801. The topological polar surface area (TPSA) is 82.5 Å². The zero-order chi connectivity index (χ0) is 23.2. The van der Waals surface area contributed by atoms with Crippen LogP contribution in [-0.2, 0) is 6.42 Å². The van der Waals surface area contributed by atoms with Crippen molar-refractivity contribution in [3.05, 3.63) is 70.8 Å². The van der Waals surface area contributed by atoms with Gasteiger partial charge in [-0.25, -0.2) is 4.39 Å². The summed E-state index contributed by atoms with van der Waals surface area (Å²) in [5.74, 6) is 1.08. The standard InChI is InChI=1S/C27H31FN2O3/c1-27-9-8-22-21-4-3-17(26(33)30-14-20(32)15-31)10-16(21)2-5-23(22)25(27)7-6-24(27)18-11-19(28)13-29-12-18/h3-4,6,10-13,20,22-23,25,31-32H,2,5,7-9,14-15H2,1H3,(H,30,33)/t20?,22-,23-,25+,27-/m1/s1. The molecule has 1 unspecified atom stereocenters. The number of allylic oxidation sites excluding steroid dienone is 2.